The summed E-state index contributed by atoms with van der Waals surface area (Å²) in [5.74, 6) is 2.46. The van der Waals surface area contributed by atoms with Gasteiger partial charge in [-0.2, -0.15) is 11.8 Å². The van der Waals surface area contributed by atoms with Crippen molar-refractivity contribution < 1.29 is 4.79 Å². The molecule has 0 radical (unpaired) electrons. The van der Waals surface area contributed by atoms with Crippen LogP contribution < -0.4 is 10.6 Å². The maximum Gasteiger partial charge on any atom is 0.319 e. The molecule has 1 aromatic heterocycles. The summed E-state index contributed by atoms with van der Waals surface area (Å²) in [4.78, 5) is 11.4. The average Bonchev–Trinajstić information content (AvgIpc) is 2.85. The first-order valence-electron chi connectivity index (χ1n) is 6.23. The number of carbonyl (C=O) groups is 1. The van der Waals surface area contributed by atoms with E-state index in [9.17, 15) is 4.79 Å². The van der Waals surface area contributed by atoms with Gasteiger partial charge in [-0.1, -0.05) is 24.3 Å². The number of nitrogens with zero attached hydrogens (tertiary/aromatic N) is 2. The first-order valence-corrected chi connectivity index (χ1v) is 8.15. The molecule has 0 aliphatic heterocycles. The summed E-state index contributed by atoms with van der Waals surface area (Å²) < 4.78 is 3.67. The van der Waals surface area contributed by atoms with Gasteiger partial charge in [-0.05, 0) is 24.3 Å². The Bertz CT molecular complexity index is 319. The summed E-state index contributed by atoms with van der Waals surface area (Å²) in [6, 6.07) is -0.178. The number of hydrogen-bond acceptors (Lipinski definition) is 5. The van der Waals surface area contributed by atoms with Crippen molar-refractivity contribution >= 4 is 34.3 Å². The summed E-state index contributed by atoms with van der Waals surface area (Å²) in [7, 11) is 0. The zero-order chi connectivity index (χ0) is 13.1. The smallest absolute Gasteiger partial charge is 0.319 e. The molecule has 0 aliphatic rings. The standard InChI is InChI=1S/C11H20N4OS2/c1-2-17-8-6-4-3-5-7-12-11(16)14-10-9-13-15-18-10/h9H,2-8H2,1H3,(H2,12,14,16). The van der Waals surface area contributed by atoms with Gasteiger partial charge in [0, 0.05) is 18.1 Å². The lowest BCUT2D eigenvalue weighted by Crippen LogP contribution is -2.29. The number of hydrogen-bond donors (Lipinski definition) is 2. The highest BCUT2D eigenvalue weighted by Crippen LogP contribution is 2.08. The third-order valence-corrected chi connectivity index (χ3v) is 3.87. The lowest BCUT2D eigenvalue weighted by atomic mass is 10.2. The first-order chi connectivity index (χ1) is 8.83. The van der Waals surface area contributed by atoms with Crippen LogP contribution in [0.3, 0.4) is 0 Å². The van der Waals surface area contributed by atoms with E-state index in [1.54, 1.807) is 0 Å². The average molecular weight is 288 g/mol. The Labute approximate surface area is 116 Å². The molecule has 1 heterocycles. The predicted molar refractivity (Wildman–Crippen MR) is 78.4 cm³/mol. The van der Waals surface area contributed by atoms with Crippen molar-refractivity contribution in [2.75, 3.05) is 23.4 Å². The Hall–Kier alpha value is -0.820. The number of urea groups is 1. The summed E-state index contributed by atoms with van der Waals surface area (Å²) in [6.45, 7) is 2.91. The van der Waals surface area contributed by atoms with Gasteiger partial charge >= 0.3 is 6.03 Å². The van der Waals surface area contributed by atoms with E-state index in [1.165, 1.54) is 48.5 Å². The van der Waals surface area contributed by atoms with Gasteiger partial charge in [0.1, 0.15) is 5.00 Å². The van der Waals surface area contributed by atoms with Crippen LogP contribution >= 0.6 is 23.3 Å². The van der Waals surface area contributed by atoms with Crippen molar-refractivity contribution in [3.8, 4) is 0 Å². The Kier molecular flexibility index (Phi) is 8.58. The Morgan fingerprint density at radius 3 is 2.94 bits per heavy atom. The molecule has 2 amide bonds. The third-order valence-electron chi connectivity index (χ3n) is 2.30. The quantitative estimate of drug-likeness (QED) is 0.686. The molecule has 18 heavy (non-hydrogen) atoms. The minimum atomic E-state index is -0.178. The van der Waals surface area contributed by atoms with Crippen molar-refractivity contribution in [2.45, 2.75) is 32.6 Å². The monoisotopic (exact) mass is 288 g/mol. The maximum atomic E-state index is 11.4. The van der Waals surface area contributed by atoms with Gasteiger partial charge in [0.15, 0.2) is 0 Å². The number of nitrogens with one attached hydrogen (secondary N) is 2. The van der Waals surface area contributed by atoms with Crippen LogP contribution in [0.1, 0.15) is 32.6 Å². The molecule has 0 saturated carbocycles. The van der Waals surface area contributed by atoms with Crippen LogP contribution in [0, 0.1) is 0 Å². The fourth-order valence-electron chi connectivity index (χ4n) is 1.41. The lowest BCUT2D eigenvalue weighted by molar-refractivity contribution is 0.252. The van der Waals surface area contributed by atoms with E-state index < -0.39 is 0 Å². The van der Waals surface area contributed by atoms with Gasteiger partial charge in [0.05, 0.1) is 6.20 Å². The molecule has 0 spiro atoms. The molecule has 5 nitrogen and oxygen atoms in total. The van der Waals surface area contributed by atoms with E-state index in [2.05, 4.69) is 27.1 Å². The molecule has 2 N–H and O–H groups in total. The highest BCUT2D eigenvalue weighted by atomic mass is 32.2. The van der Waals surface area contributed by atoms with E-state index >= 15 is 0 Å². The van der Waals surface area contributed by atoms with Gasteiger partial charge in [-0.15, -0.1) is 5.10 Å². The zero-order valence-electron chi connectivity index (χ0n) is 10.6. The molecular formula is C11H20N4OS2. The number of amides is 2. The largest absolute Gasteiger partial charge is 0.338 e. The van der Waals surface area contributed by atoms with Crippen LogP contribution in [0.2, 0.25) is 0 Å². The van der Waals surface area contributed by atoms with Crippen LogP contribution in [0.25, 0.3) is 0 Å². The summed E-state index contributed by atoms with van der Waals surface area (Å²) in [5.41, 5.74) is 0. The normalized spacial score (nSPS) is 10.3. The molecule has 0 unspecified atom stereocenters. The number of anilines is 1. The molecule has 0 aromatic carbocycles. The predicted octanol–water partition coefficient (Wildman–Crippen LogP) is 2.97. The van der Waals surface area contributed by atoms with Gasteiger partial charge in [0.25, 0.3) is 0 Å². The fraction of sp³-hybridized carbons (Fsp3) is 0.727. The molecule has 0 fully saturated rings. The molecule has 0 bridgehead atoms. The Morgan fingerprint density at radius 2 is 2.22 bits per heavy atom. The number of rotatable bonds is 9. The molecule has 102 valence electrons. The van der Waals surface area contributed by atoms with Gasteiger partial charge < -0.3 is 5.32 Å². The highest BCUT2D eigenvalue weighted by molar-refractivity contribution is 7.99. The van der Waals surface area contributed by atoms with Crippen LogP contribution in [0.5, 0.6) is 0 Å². The van der Waals surface area contributed by atoms with Crippen LogP contribution in [-0.2, 0) is 0 Å². The SMILES string of the molecule is CCSCCCCCCNC(=O)Nc1cnns1. The second kappa shape index (κ2) is 10.1. The minimum absolute atomic E-state index is 0.178. The van der Waals surface area contributed by atoms with Gasteiger partial charge in [0.2, 0.25) is 0 Å². The Morgan fingerprint density at radius 1 is 1.39 bits per heavy atom. The number of carbonyl (C=O) groups excluding carboxylic acids is 1. The molecule has 0 aliphatic carbocycles. The van der Waals surface area contributed by atoms with Crippen molar-refractivity contribution in [1.82, 2.24) is 14.9 Å². The molecule has 0 atom stereocenters. The lowest BCUT2D eigenvalue weighted by Gasteiger charge is -2.05. The highest BCUT2D eigenvalue weighted by Gasteiger charge is 2.02. The summed E-state index contributed by atoms with van der Waals surface area (Å²) in [5, 5.41) is 9.81. The van der Waals surface area contributed by atoms with Crippen LogP contribution in [-0.4, -0.2) is 33.7 Å². The Balaban J connectivity index is 1.90. The van der Waals surface area contributed by atoms with E-state index in [-0.39, 0.29) is 6.03 Å². The summed E-state index contributed by atoms with van der Waals surface area (Å²) in [6.07, 6.45) is 6.26. The van der Waals surface area contributed by atoms with E-state index in [4.69, 9.17) is 0 Å². The third kappa shape index (κ3) is 7.50. The minimum Gasteiger partial charge on any atom is -0.338 e. The second-order valence-electron chi connectivity index (χ2n) is 3.77. The molecule has 1 rings (SSSR count). The molecule has 0 saturated heterocycles. The van der Waals surface area contributed by atoms with Crippen molar-refractivity contribution in [2.24, 2.45) is 0 Å². The second-order valence-corrected chi connectivity index (χ2v) is 5.95. The summed E-state index contributed by atoms with van der Waals surface area (Å²) >= 11 is 3.16. The van der Waals surface area contributed by atoms with Crippen LogP contribution in [0.4, 0.5) is 9.80 Å². The number of aromatic nitrogens is 2. The van der Waals surface area contributed by atoms with E-state index in [0.29, 0.717) is 5.00 Å². The van der Waals surface area contributed by atoms with E-state index in [1.807, 2.05) is 11.8 Å². The van der Waals surface area contributed by atoms with Crippen LogP contribution in [0.15, 0.2) is 6.20 Å². The zero-order valence-corrected chi connectivity index (χ0v) is 12.3. The maximum absolute atomic E-state index is 11.4. The molecule has 1 aromatic rings. The van der Waals surface area contributed by atoms with Crippen molar-refractivity contribution in [3.63, 3.8) is 0 Å². The molecular weight excluding hydrogens is 268 g/mol. The first kappa shape index (κ1) is 15.2. The molecule has 7 heteroatoms. The number of thioether (sulfide) groups is 1. The topological polar surface area (TPSA) is 66.9 Å². The number of unbranched alkanes of at least 4 members (excludes halogenated alkanes) is 3. The van der Waals surface area contributed by atoms with Crippen molar-refractivity contribution in [1.29, 1.82) is 0 Å². The van der Waals surface area contributed by atoms with Crippen molar-refractivity contribution in [3.05, 3.63) is 6.20 Å². The van der Waals surface area contributed by atoms with E-state index in [0.717, 1.165) is 13.0 Å². The van der Waals surface area contributed by atoms with Gasteiger partial charge in [-0.3, -0.25) is 5.32 Å². The fourth-order valence-corrected chi connectivity index (χ4v) is 2.52. The van der Waals surface area contributed by atoms with Gasteiger partial charge in [-0.25, -0.2) is 4.79 Å².